The first-order valence-electron chi connectivity index (χ1n) is 6.90. The maximum Gasteiger partial charge on any atom is 0.416 e. The first-order valence-corrected chi connectivity index (χ1v) is 7.27. The van der Waals surface area contributed by atoms with E-state index in [9.17, 15) is 22.8 Å². The number of nitrogens with two attached hydrogens (primary N) is 1. The van der Waals surface area contributed by atoms with Crippen LogP contribution in [-0.2, 0) is 11.0 Å². The average Bonchev–Trinajstić information content (AvgIpc) is 2.45. The Bertz CT molecular complexity index is 622. The van der Waals surface area contributed by atoms with Gasteiger partial charge in [-0.3, -0.25) is 4.79 Å². The standard InChI is InChI=1S/C14H15ClF3N3O2/c15-10-4-9(14(16,17)18)5-11(6-10)20-13(23)21-3-1-2-8(7-21)12(19)22/h4-6,8H,1-3,7H2,(H2,19,22)(H,20,23). The molecule has 126 valence electrons. The van der Waals surface area contributed by atoms with Crippen LogP contribution in [0.5, 0.6) is 0 Å². The molecule has 1 aliphatic heterocycles. The largest absolute Gasteiger partial charge is 0.416 e. The summed E-state index contributed by atoms with van der Waals surface area (Å²) in [6, 6.07) is 2.22. The van der Waals surface area contributed by atoms with Gasteiger partial charge in [0.15, 0.2) is 0 Å². The van der Waals surface area contributed by atoms with Gasteiger partial charge in [0.2, 0.25) is 5.91 Å². The van der Waals surface area contributed by atoms with Crippen molar-refractivity contribution in [1.29, 1.82) is 0 Å². The highest BCUT2D eigenvalue weighted by Gasteiger charge is 2.32. The van der Waals surface area contributed by atoms with Gasteiger partial charge in [0.25, 0.3) is 0 Å². The molecule has 1 atom stereocenters. The summed E-state index contributed by atoms with van der Waals surface area (Å²) < 4.78 is 38.2. The van der Waals surface area contributed by atoms with Crippen molar-refractivity contribution in [2.45, 2.75) is 19.0 Å². The van der Waals surface area contributed by atoms with E-state index >= 15 is 0 Å². The summed E-state index contributed by atoms with van der Waals surface area (Å²) in [7, 11) is 0. The number of carbonyl (C=O) groups is 2. The van der Waals surface area contributed by atoms with Gasteiger partial charge < -0.3 is 16.0 Å². The van der Waals surface area contributed by atoms with E-state index in [1.807, 2.05) is 0 Å². The Balaban J connectivity index is 2.11. The lowest BCUT2D eigenvalue weighted by Gasteiger charge is -2.31. The number of benzene rings is 1. The summed E-state index contributed by atoms with van der Waals surface area (Å²) in [4.78, 5) is 24.7. The van der Waals surface area contributed by atoms with Gasteiger partial charge >= 0.3 is 12.2 Å². The molecule has 0 bridgehead atoms. The molecule has 0 spiro atoms. The molecule has 1 heterocycles. The van der Waals surface area contributed by atoms with Crippen molar-refractivity contribution in [3.63, 3.8) is 0 Å². The van der Waals surface area contributed by atoms with E-state index in [1.165, 1.54) is 11.0 Å². The molecule has 2 rings (SSSR count). The minimum Gasteiger partial charge on any atom is -0.369 e. The fourth-order valence-electron chi connectivity index (χ4n) is 2.42. The summed E-state index contributed by atoms with van der Waals surface area (Å²) >= 11 is 5.66. The highest BCUT2D eigenvalue weighted by Crippen LogP contribution is 2.33. The maximum atomic E-state index is 12.7. The van der Waals surface area contributed by atoms with Crippen LogP contribution in [-0.4, -0.2) is 29.9 Å². The van der Waals surface area contributed by atoms with Crippen LogP contribution < -0.4 is 11.1 Å². The third-order valence-electron chi connectivity index (χ3n) is 3.59. The Kier molecular flexibility index (Phi) is 5.03. The Morgan fingerprint density at radius 3 is 2.61 bits per heavy atom. The van der Waals surface area contributed by atoms with Gasteiger partial charge in [-0.2, -0.15) is 13.2 Å². The molecule has 1 aromatic rings. The molecule has 1 aromatic carbocycles. The summed E-state index contributed by atoms with van der Waals surface area (Å²) in [5, 5.41) is 2.24. The van der Waals surface area contributed by atoms with Crippen molar-refractivity contribution in [2.75, 3.05) is 18.4 Å². The highest BCUT2D eigenvalue weighted by molar-refractivity contribution is 6.31. The number of urea groups is 1. The lowest BCUT2D eigenvalue weighted by Crippen LogP contribution is -2.45. The van der Waals surface area contributed by atoms with Crippen molar-refractivity contribution < 1.29 is 22.8 Å². The molecule has 0 radical (unpaired) electrons. The SMILES string of the molecule is NC(=O)C1CCCN(C(=O)Nc2cc(Cl)cc(C(F)(F)F)c2)C1. The first kappa shape index (κ1) is 17.4. The minimum atomic E-state index is -4.56. The third kappa shape index (κ3) is 4.51. The van der Waals surface area contributed by atoms with Crippen LogP contribution in [0.3, 0.4) is 0 Å². The number of rotatable bonds is 2. The van der Waals surface area contributed by atoms with E-state index in [-0.39, 0.29) is 17.3 Å². The molecule has 3 N–H and O–H groups in total. The van der Waals surface area contributed by atoms with Crippen LogP contribution in [0.4, 0.5) is 23.7 Å². The molecule has 3 amide bonds. The van der Waals surface area contributed by atoms with Gasteiger partial charge in [0, 0.05) is 23.8 Å². The topological polar surface area (TPSA) is 75.4 Å². The molecule has 23 heavy (non-hydrogen) atoms. The van der Waals surface area contributed by atoms with Crippen molar-refractivity contribution in [3.8, 4) is 0 Å². The fraction of sp³-hybridized carbons (Fsp3) is 0.429. The molecule has 9 heteroatoms. The Morgan fingerprint density at radius 1 is 1.30 bits per heavy atom. The zero-order valence-electron chi connectivity index (χ0n) is 12.0. The summed E-state index contributed by atoms with van der Waals surface area (Å²) in [5.74, 6) is -0.941. The molecule has 0 aromatic heterocycles. The van der Waals surface area contributed by atoms with Crippen LogP contribution in [0.15, 0.2) is 18.2 Å². The van der Waals surface area contributed by atoms with Crippen LogP contribution in [0.2, 0.25) is 5.02 Å². The molecule has 0 saturated carbocycles. The van der Waals surface area contributed by atoms with Crippen molar-refractivity contribution >= 4 is 29.2 Å². The maximum absolute atomic E-state index is 12.7. The van der Waals surface area contributed by atoms with Gasteiger partial charge in [-0.25, -0.2) is 4.79 Å². The normalized spacial score (nSPS) is 18.6. The number of hydrogen-bond donors (Lipinski definition) is 2. The molecular weight excluding hydrogens is 335 g/mol. The molecule has 5 nitrogen and oxygen atoms in total. The second-order valence-corrected chi connectivity index (χ2v) is 5.78. The molecule has 0 aliphatic carbocycles. The summed E-state index contributed by atoms with van der Waals surface area (Å²) in [5.41, 5.74) is 4.22. The number of carbonyl (C=O) groups excluding carboxylic acids is 2. The predicted molar refractivity (Wildman–Crippen MR) is 79.0 cm³/mol. The summed E-state index contributed by atoms with van der Waals surface area (Å²) in [6.45, 7) is 0.552. The number of hydrogen-bond acceptors (Lipinski definition) is 2. The number of amides is 3. The number of nitrogens with one attached hydrogen (secondary N) is 1. The van der Waals surface area contributed by atoms with Gasteiger partial charge in [0.05, 0.1) is 11.5 Å². The van der Waals surface area contributed by atoms with Gasteiger partial charge in [-0.1, -0.05) is 11.6 Å². The zero-order valence-corrected chi connectivity index (χ0v) is 12.7. The van der Waals surface area contributed by atoms with Gasteiger partial charge in [0.1, 0.15) is 0 Å². The lowest BCUT2D eigenvalue weighted by atomic mass is 9.98. The Hall–Kier alpha value is -1.96. The quantitative estimate of drug-likeness (QED) is 0.861. The van der Waals surface area contributed by atoms with Crippen LogP contribution in [0.1, 0.15) is 18.4 Å². The number of anilines is 1. The van der Waals surface area contributed by atoms with Gasteiger partial charge in [-0.05, 0) is 31.0 Å². The number of alkyl halides is 3. The smallest absolute Gasteiger partial charge is 0.369 e. The Morgan fingerprint density at radius 2 is 2.00 bits per heavy atom. The van der Waals surface area contributed by atoms with E-state index in [0.717, 1.165) is 12.1 Å². The molecule has 1 fully saturated rings. The average molecular weight is 350 g/mol. The second kappa shape index (κ2) is 6.66. The molecular formula is C14H15ClF3N3O2. The Labute approximate surface area is 135 Å². The number of piperidine rings is 1. The van der Waals surface area contributed by atoms with Crippen molar-refractivity contribution in [2.24, 2.45) is 11.7 Å². The number of nitrogens with zero attached hydrogens (tertiary/aromatic N) is 1. The van der Waals surface area contributed by atoms with Crippen molar-refractivity contribution in [1.82, 2.24) is 4.90 Å². The molecule has 1 saturated heterocycles. The van der Waals surface area contributed by atoms with E-state index in [4.69, 9.17) is 17.3 Å². The lowest BCUT2D eigenvalue weighted by molar-refractivity contribution is -0.137. The third-order valence-corrected chi connectivity index (χ3v) is 3.81. The summed E-state index contributed by atoms with van der Waals surface area (Å²) in [6.07, 6.45) is -3.37. The second-order valence-electron chi connectivity index (χ2n) is 5.34. The predicted octanol–water partition coefficient (Wildman–Crippen LogP) is 3.09. The highest BCUT2D eigenvalue weighted by atomic mass is 35.5. The van der Waals surface area contributed by atoms with E-state index in [0.29, 0.717) is 19.4 Å². The van der Waals surface area contributed by atoms with Crippen molar-refractivity contribution in [3.05, 3.63) is 28.8 Å². The van der Waals surface area contributed by atoms with E-state index in [1.54, 1.807) is 0 Å². The first-order chi connectivity index (χ1) is 10.7. The minimum absolute atomic E-state index is 0.0592. The van der Waals surface area contributed by atoms with Crippen LogP contribution in [0, 0.1) is 5.92 Å². The monoisotopic (exact) mass is 349 g/mol. The number of likely N-dealkylation sites (tertiary alicyclic amines) is 1. The van der Waals surface area contributed by atoms with Gasteiger partial charge in [-0.15, -0.1) is 0 Å². The van der Waals surface area contributed by atoms with E-state index in [2.05, 4.69) is 5.32 Å². The molecule has 1 unspecified atom stereocenters. The zero-order chi connectivity index (χ0) is 17.2. The number of primary amides is 1. The van der Waals surface area contributed by atoms with Crippen LogP contribution >= 0.6 is 11.6 Å². The van der Waals surface area contributed by atoms with E-state index < -0.39 is 29.6 Å². The molecule has 1 aliphatic rings. The number of halogens is 4. The fourth-order valence-corrected chi connectivity index (χ4v) is 2.66. The van der Waals surface area contributed by atoms with Crippen LogP contribution in [0.25, 0.3) is 0 Å².